The van der Waals surface area contributed by atoms with Crippen molar-refractivity contribution in [3.8, 4) is 0 Å². The first-order valence-corrected chi connectivity index (χ1v) is 9.74. The molecule has 0 aliphatic heterocycles. The highest BCUT2D eigenvalue weighted by molar-refractivity contribution is 4.81. The highest BCUT2D eigenvalue weighted by Gasteiger charge is 1.92. The van der Waals surface area contributed by atoms with E-state index in [1.54, 1.807) is 7.11 Å². The van der Waals surface area contributed by atoms with Gasteiger partial charge in [-0.15, -0.1) is 6.58 Å². The average molecular weight is 325 g/mol. The number of ether oxygens (including phenoxy) is 2. The van der Waals surface area contributed by atoms with Gasteiger partial charge in [-0.1, -0.05) is 63.2 Å². The van der Waals surface area contributed by atoms with Crippen LogP contribution in [0.25, 0.3) is 0 Å². The van der Waals surface area contributed by atoms with Gasteiger partial charge in [-0.3, -0.25) is 0 Å². The van der Waals surface area contributed by atoms with Gasteiger partial charge in [0, 0.05) is 13.7 Å². The SMILES string of the molecule is C=CCCCCCCCCC/C=C\CCCCCCOCOC. The van der Waals surface area contributed by atoms with Crippen LogP contribution in [-0.2, 0) is 9.47 Å². The molecule has 0 saturated carbocycles. The summed E-state index contributed by atoms with van der Waals surface area (Å²) in [5.41, 5.74) is 0. The zero-order valence-electron chi connectivity index (χ0n) is 15.6. The van der Waals surface area contributed by atoms with Gasteiger partial charge >= 0.3 is 0 Å². The third-order valence-corrected chi connectivity index (χ3v) is 4.06. The van der Waals surface area contributed by atoms with Gasteiger partial charge in [-0.05, 0) is 44.9 Å². The van der Waals surface area contributed by atoms with Gasteiger partial charge in [-0.2, -0.15) is 0 Å². The van der Waals surface area contributed by atoms with Crippen molar-refractivity contribution >= 4 is 0 Å². The normalized spacial score (nSPS) is 11.3. The largest absolute Gasteiger partial charge is 0.359 e. The van der Waals surface area contributed by atoms with Crippen molar-refractivity contribution in [2.24, 2.45) is 0 Å². The molecule has 0 radical (unpaired) electrons. The molecule has 0 spiro atoms. The molecule has 23 heavy (non-hydrogen) atoms. The third-order valence-electron chi connectivity index (χ3n) is 4.06. The van der Waals surface area contributed by atoms with E-state index < -0.39 is 0 Å². The Bertz CT molecular complexity index is 248. The Balaban J connectivity index is 3.04. The van der Waals surface area contributed by atoms with Gasteiger partial charge in [0.2, 0.25) is 0 Å². The summed E-state index contributed by atoms with van der Waals surface area (Å²) in [5, 5.41) is 0. The molecule has 0 aliphatic rings. The molecule has 0 bridgehead atoms. The quantitative estimate of drug-likeness (QED) is 0.148. The molecule has 0 rings (SSSR count). The molecule has 0 saturated heterocycles. The lowest BCUT2D eigenvalue weighted by Gasteiger charge is -2.02. The molecule has 0 fully saturated rings. The molecular weight excluding hydrogens is 284 g/mol. The van der Waals surface area contributed by atoms with Gasteiger partial charge in [0.1, 0.15) is 6.79 Å². The third kappa shape index (κ3) is 21.4. The Labute approximate surface area is 145 Å². The zero-order chi connectivity index (χ0) is 16.8. The van der Waals surface area contributed by atoms with Crippen molar-refractivity contribution < 1.29 is 9.47 Å². The van der Waals surface area contributed by atoms with Gasteiger partial charge < -0.3 is 9.47 Å². The fourth-order valence-corrected chi connectivity index (χ4v) is 2.63. The summed E-state index contributed by atoms with van der Waals surface area (Å²) < 4.78 is 10.1. The van der Waals surface area contributed by atoms with Crippen LogP contribution in [0.15, 0.2) is 24.8 Å². The first-order valence-electron chi connectivity index (χ1n) is 9.74. The lowest BCUT2D eigenvalue weighted by atomic mass is 10.1. The summed E-state index contributed by atoms with van der Waals surface area (Å²) in [4.78, 5) is 0. The van der Waals surface area contributed by atoms with Crippen molar-refractivity contribution in [2.45, 2.75) is 89.9 Å². The summed E-state index contributed by atoms with van der Waals surface area (Å²) >= 11 is 0. The molecule has 0 aromatic rings. The Morgan fingerprint density at radius 3 is 1.65 bits per heavy atom. The fraction of sp³-hybridized carbons (Fsp3) is 0.810. The molecule has 136 valence electrons. The van der Waals surface area contributed by atoms with Crippen LogP contribution in [0.5, 0.6) is 0 Å². The van der Waals surface area contributed by atoms with E-state index in [4.69, 9.17) is 9.47 Å². The predicted molar refractivity (Wildman–Crippen MR) is 102 cm³/mol. The van der Waals surface area contributed by atoms with Crippen LogP contribution >= 0.6 is 0 Å². The Morgan fingerprint density at radius 2 is 1.13 bits per heavy atom. The average Bonchev–Trinajstić information content (AvgIpc) is 2.57. The smallest absolute Gasteiger partial charge is 0.146 e. The van der Waals surface area contributed by atoms with Crippen molar-refractivity contribution in [1.29, 1.82) is 0 Å². The van der Waals surface area contributed by atoms with Gasteiger partial charge in [-0.25, -0.2) is 0 Å². The lowest BCUT2D eigenvalue weighted by Crippen LogP contribution is -1.98. The van der Waals surface area contributed by atoms with E-state index in [1.165, 1.54) is 83.5 Å². The van der Waals surface area contributed by atoms with Crippen LogP contribution < -0.4 is 0 Å². The van der Waals surface area contributed by atoms with E-state index in [-0.39, 0.29) is 0 Å². The molecule has 2 nitrogen and oxygen atoms in total. The Kier molecular flexibility index (Phi) is 20.8. The first kappa shape index (κ1) is 22.4. The fourth-order valence-electron chi connectivity index (χ4n) is 2.63. The highest BCUT2D eigenvalue weighted by atomic mass is 16.7. The second kappa shape index (κ2) is 21.4. The minimum absolute atomic E-state index is 0.429. The number of unbranched alkanes of at least 4 members (excludes halogenated alkanes) is 12. The zero-order valence-corrected chi connectivity index (χ0v) is 15.6. The standard InChI is InChI=1S/C21H40O2/c1-3-4-5-6-7-8-9-10-11-12-13-14-15-16-17-18-19-20-23-21-22-2/h3,13-14H,1,4-12,15-21H2,2H3/b14-13-. The van der Waals surface area contributed by atoms with E-state index in [0.717, 1.165) is 13.0 Å². The maximum Gasteiger partial charge on any atom is 0.146 e. The van der Waals surface area contributed by atoms with E-state index in [1.807, 2.05) is 6.08 Å². The molecular formula is C21H40O2. The number of allylic oxidation sites excluding steroid dienone is 3. The molecule has 0 aliphatic carbocycles. The lowest BCUT2D eigenvalue weighted by molar-refractivity contribution is -0.0315. The number of rotatable bonds is 19. The summed E-state index contributed by atoms with van der Waals surface area (Å²) in [6.07, 6.45) is 25.2. The molecule has 0 atom stereocenters. The first-order chi connectivity index (χ1) is 11.4. The molecule has 2 heteroatoms. The minimum Gasteiger partial charge on any atom is -0.359 e. The molecule has 0 amide bonds. The molecule has 0 aromatic heterocycles. The van der Waals surface area contributed by atoms with Crippen LogP contribution in [0.2, 0.25) is 0 Å². The molecule has 0 unspecified atom stereocenters. The molecule has 0 N–H and O–H groups in total. The van der Waals surface area contributed by atoms with Crippen LogP contribution in [0, 0.1) is 0 Å². The summed E-state index contributed by atoms with van der Waals surface area (Å²) in [5.74, 6) is 0. The van der Waals surface area contributed by atoms with Crippen molar-refractivity contribution in [3.05, 3.63) is 24.8 Å². The highest BCUT2D eigenvalue weighted by Crippen LogP contribution is 2.10. The van der Waals surface area contributed by atoms with Crippen LogP contribution in [-0.4, -0.2) is 20.5 Å². The van der Waals surface area contributed by atoms with Gasteiger partial charge in [0.15, 0.2) is 0 Å². The number of hydrogen-bond acceptors (Lipinski definition) is 2. The number of methoxy groups -OCH3 is 1. The summed E-state index contributed by atoms with van der Waals surface area (Å²) in [6, 6.07) is 0. The predicted octanol–water partition coefficient (Wildman–Crippen LogP) is 6.81. The van der Waals surface area contributed by atoms with Crippen LogP contribution in [0.4, 0.5) is 0 Å². The van der Waals surface area contributed by atoms with Crippen molar-refractivity contribution in [3.63, 3.8) is 0 Å². The second-order valence-corrected chi connectivity index (χ2v) is 6.33. The monoisotopic (exact) mass is 324 g/mol. The van der Waals surface area contributed by atoms with E-state index >= 15 is 0 Å². The Morgan fingerprint density at radius 1 is 0.652 bits per heavy atom. The second-order valence-electron chi connectivity index (χ2n) is 6.33. The Hall–Kier alpha value is -0.600. The van der Waals surface area contributed by atoms with Crippen LogP contribution in [0.3, 0.4) is 0 Å². The van der Waals surface area contributed by atoms with Gasteiger partial charge in [0.05, 0.1) is 0 Å². The summed E-state index contributed by atoms with van der Waals surface area (Å²) in [7, 11) is 1.66. The van der Waals surface area contributed by atoms with Crippen LogP contribution in [0.1, 0.15) is 89.9 Å². The maximum atomic E-state index is 5.27. The van der Waals surface area contributed by atoms with E-state index in [2.05, 4.69) is 18.7 Å². The molecule has 0 heterocycles. The van der Waals surface area contributed by atoms with Crippen molar-refractivity contribution in [2.75, 3.05) is 20.5 Å². The topological polar surface area (TPSA) is 18.5 Å². The minimum atomic E-state index is 0.429. The summed E-state index contributed by atoms with van der Waals surface area (Å²) in [6.45, 7) is 5.02. The maximum absolute atomic E-state index is 5.27. The van der Waals surface area contributed by atoms with Gasteiger partial charge in [0.25, 0.3) is 0 Å². The van der Waals surface area contributed by atoms with E-state index in [9.17, 15) is 0 Å². The number of hydrogen-bond donors (Lipinski definition) is 0. The molecule has 0 aromatic carbocycles. The van der Waals surface area contributed by atoms with Crippen molar-refractivity contribution in [1.82, 2.24) is 0 Å². The van der Waals surface area contributed by atoms with E-state index in [0.29, 0.717) is 6.79 Å².